The highest BCUT2D eigenvalue weighted by molar-refractivity contribution is 5.88. The van der Waals surface area contributed by atoms with Crippen molar-refractivity contribution in [1.29, 1.82) is 0 Å². The zero-order valence-electron chi connectivity index (χ0n) is 21.9. The average Bonchev–Trinajstić information content (AvgIpc) is 2.69. The van der Waals surface area contributed by atoms with Gasteiger partial charge in [-0.1, -0.05) is 20.8 Å². The largest absolute Gasteiger partial charge is 0.375 e. The monoisotopic (exact) mass is 472 g/mol. The minimum Gasteiger partial charge on any atom is -0.375 e. The van der Waals surface area contributed by atoms with Crippen molar-refractivity contribution in [3.63, 3.8) is 0 Å². The molecule has 0 saturated carbocycles. The van der Waals surface area contributed by atoms with Crippen LogP contribution in [0.25, 0.3) is 0 Å². The third kappa shape index (κ3) is 18.4. The minimum atomic E-state index is -0.604. The number of carbonyl (C=O) groups excluding carboxylic acids is 3. The molecule has 0 saturated heterocycles. The number of hydrogen-bond acceptors (Lipinski definition) is 6. The Morgan fingerprint density at radius 3 is 2.15 bits per heavy atom. The van der Waals surface area contributed by atoms with E-state index < -0.39 is 11.9 Å². The maximum atomic E-state index is 12.2. The van der Waals surface area contributed by atoms with E-state index in [0.29, 0.717) is 32.5 Å². The van der Waals surface area contributed by atoms with Gasteiger partial charge in [-0.3, -0.25) is 14.4 Å². The summed E-state index contributed by atoms with van der Waals surface area (Å²) < 4.78 is 11.2. The van der Waals surface area contributed by atoms with Crippen LogP contribution in [0.1, 0.15) is 73.6 Å². The smallest absolute Gasteiger partial charge is 0.246 e. The molecule has 0 bridgehead atoms. The molecule has 0 fully saturated rings. The fraction of sp³-hybridized carbons (Fsp3) is 0.875. The summed E-state index contributed by atoms with van der Waals surface area (Å²) in [4.78, 5) is 36.3. The van der Waals surface area contributed by atoms with E-state index in [1.807, 2.05) is 27.8 Å². The van der Waals surface area contributed by atoms with Gasteiger partial charge in [-0.15, -0.1) is 0 Å². The molecule has 0 spiro atoms. The SMILES string of the molecule is CCNC(=O)C(CCCCNC)NC(=O)COCC(=O)NCCC(C)(C)OCCC(C)(C)C. The summed E-state index contributed by atoms with van der Waals surface area (Å²) in [5.41, 5.74) is -0.110. The van der Waals surface area contributed by atoms with Gasteiger partial charge in [0.25, 0.3) is 0 Å². The number of ether oxygens (including phenoxy) is 2. The summed E-state index contributed by atoms with van der Waals surface area (Å²) in [7, 11) is 1.87. The van der Waals surface area contributed by atoms with Gasteiger partial charge in [0.1, 0.15) is 19.3 Å². The highest BCUT2D eigenvalue weighted by Gasteiger charge is 2.21. The van der Waals surface area contributed by atoms with Crippen LogP contribution in [0, 0.1) is 5.41 Å². The molecule has 0 aromatic heterocycles. The van der Waals surface area contributed by atoms with Crippen molar-refractivity contribution in [3.8, 4) is 0 Å². The van der Waals surface area contributed by atoms with Crippen molar-refractivity contribution in [2.75, 3.05) is 46.5 Å². The van der Waals surface area contributed by atoms with Crippen LogP contribution in [0.15, 0.2) is 0 Å². The van der Waals surface area contributed by atoms with Gasteiger partial charge in [0.05, 0.1) is 5.60 Å². The molecule has 0 heterocycles. The van der Waals surface area contributed by atoms with E-state index in [4.69, 9.17) is 9.47 Å². The number of rotatable bonds is 18. The summed E-state index contributed by atoms with van der Waals surface area (Å²) in [6, 6.07) is -0.604. The second-order valence-electron chi connectivity index (χ2n) is 10.1. The van der Waals surface area contributed by atoms with E-state index in [-0.39, 0.29) is 36.0 Å². The first-order valence-corrected chi connectivity index (χ1v) is 12.1. The van der Waals surface area contributed by atoms with Crippen LogP contribution in [0.4, 0.5) is 0 Å². The molecule has 0 radical (unpaired) electrons. The van der Waals surface area contributed by atoms with Crippen molar-refractivity contribution in [2.45, 2.75) is 85.3 Å². The Morgan fingerprint density at radius 1 is 0.879 bits per heavy atom. The molecule has 0 aliphatic heterocycles. The summed E-state index contributed by atoms with van der Waals surface area (Å²) in [5.74, 6) is -0.915. The van der Waals surface area contributed by atoms with Gasteiger partial charge < -0.3 is 30.7 Å². The molecular formula is C24H48N4O5. The van der Waals surface area contributed by atoms with Crippen molar-refractivity contribution in [2.24, 2.45) is 5.41 Å². The molecule has 0 aliphatic rings. The standard InChI is InChI=1S/C24H48N4O5/c1-8-26-22(31)19(11-9-10-14-25-7)28-21(30)18-32-17-20(29)27-15-12-24(5,6)33-16-13-23(2,3)4/h19,25H,8-18H2,1-7H3,(H,26,31)(H,27,29)(H,28,30). The summed E-state index contributed by atoms with van der Waals surface area (Å²) in [6.07, 6.45) is 3.91. The Labute approximate surface area is 200 Å². The molecule has 4 N–H and O–H groups in total. The molecule has 0 rings (SSSR count). The zero-order chi connectivity index (χ0) is 25.3. The van der Waals surface area contributed by atoms with E-state index in [1.54, 1.807) is 0 Å². The van der Waals surface area contributed by atoms with Crippen LogP contribution in [-0.2, 0) is 23.9 Å². The van der Waals surface area contributed by atoms with Crippen molar-refractivity contribution in [1.82, 2.24) is 21.3 Å². The molecule has 0 aromatic rings. The highest BCUT2D eigenvalue weighted by atomic mass is 16.5. The van der Waals surface area contributed by atoms with Crippen molar-refractivity contribution in [3.05, 3.63) is 0 Å². The zero-order valence-corrected chi connectivity index (χ0v) is 21.9. The van der Waals surface area contributed by atoms with Gasteiger partial charge in [-0.25, -0.2) is 0 Å². The quantitative estimate of drug-likeness (QED) is 0.226. The first kappa shape index (κ1) is 31.3. The fourth-order valence-electron chi connectivity index (χ4n) is 2.95. The van der Waals surface area contributed by atoms with Crippen LogP contribution in [0.5, 0.6) is 0 Å². The van der Waals surface area contributed by atoms with Crippen LogP contribution >= 0.6 is 0 Å². The number of unbranched alkanes of at least 4 members (excludes halogenated alkanes) is 1. The van der Waals surface area contributed by atoms with Gasteiger partial charge in [-0.2, -0.15) is 0 Å². The second-order valence-corrected chi connectivity index (χ2v) is 10.1. The Morgan fingerprint density at radius 2 is 1.55 bits per heavy atom. The number of nitrogens with one attached hydrogen (secondary N) is 4. The van der Waals surface area contributed by atoms with Crippen LogP contribution in [0.3, 0.4) is 0 Å². The molecule has 0 aromatic carbocycles. The second kappa shape index (κ2) is 16.8. The number of hydrogen-bond donors (Lipinski definition) is 4. The van der Waals surface area contributed by atoms with Gasteiger partial charge in [0, 0.05) is 19.7 Å². The third-order valence-corrected chi connectivity index (χ3v) is 5.03. The molecule has 9 nitrogen and oxygen atoms in total. The van der Waals surface area contributed by atoms with E-state index in [0.717, 1.165) is 25.8 Å². The van der Waals surface area contributed by atoms with Crippen LogP contribution in [0.2, 0.25) is 0 Å². The maximum Gasteiger partial charge on any atom is 0.246 e. The molecule has 9 heteroatoms. The van der Waals surface area contributed by atoms with E-state index in [2.05, 4.69) is 42.0 Å². The average molecular weight is 473 g/mol. The van der Waals surface area contributed by atoms with E-state index in [9.17, 15) is 14.4 Å². The first-order chi connectivity index (χ1) is 15.4. The van der Waals surface area contributed by atoms with Crippen molar-refractivity contribution < 1.29 is 23.9 Å². The first-order valence-electron chi connectivity index (χ1n) is 12.1. The molecule has 1 atom stereocenters. The Hall–Kier alpha value is -1.71. The Bertz CT molecular complexity index is 576. The predicted molar refractivity (Wildman–Crippen MR) is 131 cm³/mol. The van der Waals surface area contributed by atoms with E-state index in [1.165, 1.54) is 0 Å². The number of amides is 3. The lowest BCUT2D eigenvalue weighted by atomic mass is 9.93. The van der Waals surface area contributed by atoms with Crippen molar-refractivity contribution >= 4 is 17.7 Å². The highest BCUT2D eigenvalue weighted by Crippen LogP contribution is 2.21. The molecule has 1 unspecified atom stereocenters. The fourth-order valence-corrected chi connectivity index (χ4v) is 2.95. The van der Waals surface area contributed by atoms with E-state index >= 15 is 0 Å². The molecule has 0 aliphatic carbocycles. The normalized spacial score (nSPS) is 12.8. The molecule has 3 amide bonds. The summed E-state index contributed by atoms with van der Waals surface area (Å²) in [5, 5.41) is 11.3. The Balaban J connectivity index is 4.19. The van der Waals surface area contributed by atoms with Crippen LogP contribution < -0.4 is 21.3 Å². The third-order valence-electron chi connectivity index (χ3n) is 5.03. The Kier molecular flexibility index (Phi) is 16.0. The van der Waals surface area contributed by atoms with Gasteiger partial charge in [0.15, 0.2) is 0 Å². The topological polar surface area (TPSA) is 118 Å². The molecule has 33 heavy (non-hydrogen) atoms. The van der Waals surface area contributed by atoms with Gasteiger partial charge in [0.2, 0.25) is 17.7 Å². The number of likely N-dealkylation sites (N-methyl/N-ethyl adjacent to an activating group) is 1. The number of carbonyl (C=O) groups is 3. The summed E-state index contributed by atoms with van der Waals surface area (Å²) in [6.45, 7) is 14.4. The lowest BCUT2D eigenvalue weighted by molar-refractivity contribution is -0.134. The minimum absolute atomic E-state index is 0.208. The van der Waals surface area contributed by atoms with Crippen LogP contribution in [-0.4, -0.2) is 75.9 Å². The summed E-state index contributed by atoms with van der Waals surface area (Å²) >= 11 is 0. The lowest BCUT2D eigenvalue weighted by Gasteiger charge is -2.27. The van der Waals surface area contributed by atoms with Gasteiger partial charge in [-0.05, 0) is 71.9 Å². The molecular weight excluding hydrogens is 424 g/mol. The lowest BCUT2D eigenvalue weighted by Crippen LogP contribution is -2.48. The molecule has 194 valence electrons. The predicted octanol–water partition coefficient (Wildman–Crippen LogP) is 1.75. The van der Waals surface area contributed by atoms with Gasteiger partial charge >= 0.3 is 0 Å². The maximum absolute atomic E-state index is 12.2.